The first kappa shape index (κ1) is 15.0. The molecule has 3 atom stereocenters. The average molecular weight is 340 g/mol. The summed E-state index contributed by atoms with van der Waals surface area (Å²) in [6.45, 7) is 0. The predicted octanol–water partition coefficient (Wildman–Crippen LogP) is 4.48. The Balaban J connectivity index is 1.96. The smallest absolute Gasteiger partial charge is 0.0921 e. The Hall–Kier alpha value is -0.870. The van der Waals surface area contributed by atoms with Crippen molar-refractivity contribution in [3.05, 3.63) is 69.7 Å². The Morgan fingerprint density at radius 2 is 1.76 bits per heavy atom. The molecule has 2 aromatic carbocycles. The van der Waals surface area contributed by atoms with Gasteiger partial charge in [-0.1, -0.05) is 47.5 Å². The topological polar surface area (TPSA) is 29.1 Å². The number of rotatable bonds is 2. The SMILES string of the molecule is O=S1CC[C@H](c2cccc(Cl)c2)C(c2ccc(Cl)cc2)N1. The highest BCUT2D eigenvalue weighted by molar-refractivity contribution is 7.83. The van der Waals surface area contributed by atoms with Crippen LogP contribution in [0.5, 0.6) is 0 Å². The van der Waals surface area contributed by atoms with Gasteiger partial charge in [0.25, 0.3) is 0 Å². The molecule has 1 aliphatic heterocycles. The summed E-state index contributed by atoms with van der Waals surface area (Å²) in [5.41, 5.74) is 2.27. The zero-order chi connectivity index (χ0) is 14.8. The average Bonchev–Trinajstić information content (AvgIpc) is 2.48. The van der Waals surface area contributed by atoms with Crippen molar-refractivity contribution in [1.29, 1.82) is 0 Å². The highest BCUT2D eigenvalue weighted by Crippen LogP contribution is 2.38. The van der Waals surface area contributed by atoms with Gasteiger partial charge in [0.15, 0.2) is 0 Å². The van der Waals surface area contributed by atoms with Gasteiger partial charge in [0, 0.05) is 21.7 Å². The normalized spacial score (nSPS) is 25.7. The second-order valence-electron chi connectivity index (χ2n) is 5.15. The van der Waals surface area contributed by atoms with E-state index in [-0.39, 0.29) is 12.0 Å². The monoisotopic (exact) mass is 339 g/mol. The Bertz CT molecular complexity index is 660. The maximum Gasteiger partial charge on any atom is 0.0921 e. The number of nitrogens with one attached hydrogen (secondary N) is 1. The molecule has 1 N–H and O–H groups in total. The van der Waals surface area contributed by atoms with E-state index in [1.807, 2.05) is 42.5 Å². The third kappa shape index (κ3) is 3.49. The molecule has 110 valence electrons. The van der Waals surface area contributed by atoms with E-state index < -0.39 is 11.0 Å². The van der Waals surface area contributed by atoms with E-state index in [9.17, 15) is 4.21 Å². The minimum Gasteiger partial charge on any atom is -0.243 e. The lowest BCUT2D eigenvalue weighted by molar-refractivity contribution is 0.481. The van der Waals surface area contributed by atoms with Gasteiger partial charge in [-0.2, -0.15) is 0 Å². The predicted molar refractivity (Wildman–Crippen MR) is 89.1 cm³/mol. The van der Waals surface area contributed by atoms with Crippen molar-refractivity contribution in [3.8, 4) is 0 Å². The van der Waals surface area contributed by atoms with Crippen LogP contribution in [0.15, 0.2) is 48.5 Å². The van der Waals surface area contributed by atoms with E-state index >= 15 is 0 Å². The van der Waals surface area contributed by atoms with Crippen molar-refractivity contribution in [1.82, 2.24) is 4.72 Å². The second kappa shape index (κ2) is 6.49. The van der Waals surface area contributed by atoms with Gasteiger partial charge in [0.2, 0.25) is 0 Å². The highest BCUT2D eigenvalue weighted by Gasteiger charge is 2.30. The lowest BCUT2D eigenvalue weighted by Crippen LogP contribution is -2.36. The van der Waals surface area contributed by atoms with Gasteiger partial charge in [-0.05, 0) is 41.8 Å². The molecule has 2 aromatic rings. The van der Waals surface area contributed by atoms with E-state index in [1.54, 1.807) is 0 Å². The largest absolute Gasteiger partial charge is 0.243 e. The summed E-state index contributed by atoms with van der Waals surface area (Å²) in [4.78, 5) is 0. The van der Waals surface area contributed by atoms with Crippen LogP contribution in [0, 0.1) is 0 Å². The van der Waals surface area contributed by atoms with Crippen molar-refractivity contribution >= 4 is 34.2 Å². The quantitative estimate of drug-likeness (QED) is 0.858. The van der Waals surface area contributed by atoms with Gasteiger partial charge in [0.05, 0.1) is 17.0 Å². The van der Waals surface area contributed by atoms with Crippen molar-refractivity contribution < 1.29 is 4.21 Å². The summed E-state index contributed by atoms with van der Waals surface area (Å²) < 4.78 is 15.1. The molecular weight excluding hydrogens is 325 g/mol. The molecule has 0 spiro atoms. The Labute approximate surface area is 137 Å². The van der Waals surface area contributed by atoms with Gasteiger partial charge >= 0.3 is 0 Å². The fourth-order valence-electron chi connectivity index (χ4n) is 2.75. The Kier molecular flexibility index (Phi) is 4.65. The van der Waals surface area contributed by atoms with Crippen molar-refractivity contribution in [3.63, 3.8) is 0 Å². The second-order valence-corrected chi connectivity index (χ2v) is 7.35. The molecule has 0 aliphatic carbocycles. The van der Waals surface area contributed by atoms with Crippen LogP contribution in [-0.2, 0) is 11.0 Å². The van der Waals surface area contributed by atoms with Crippen LogP contribution < -0.4 is 4.72 Å². The Morgan fingerprint density at radius 1 is 1.00 bits per heavy atom. The van der Waals surface area contributed by atoms with Gasteiger partial charge in [0.1, 0.15) is 0 Å². The number of halogens is 2. The fourth-order valence-corrected chi connectivity index (χ4v) is 4.24. The zero-order valence-electron chi connectivity index (χ0n) is 11.3. The van der Waals surface area contributed by atoms with Gasteiger partial charge in [-0.3, -0.25) is 0 Å². The summed E-state index contributed by atoms with van der Waals surface area (Å²) in [5, 5.41) is 1.43. The van der Waals surface area contributed by atoms with Crippen molar-refractivity contribution in [2.75, 3.05) is 5.75 Å². The molecule has 0 saturated carbocycles. The van der Waals surface area contributed by atoms with Crippen LogP contribution in [0.1, 0.15) is 29.5 Å². The lowest BCUT2D eigenvalue weighted by atomic mass is 9.85. The molecule has 0 amide bonds. The standard InChI is InChI=1S/C16H15Cl2NOS/c17-13-6-4-11(5-7-13)16-15(8-9-21(20)19-16)12-2-1-3-14(18)10-12/h1-7,10,15-16,19H,8-9H2/t15-,16?,21?/m1/s1. The molecule has 2 nitrogen and oxygen atoms in total. The number of hydrogen-bond donors (Lipinski definition) is 1. The molecular formula is C16H15Cl2NOS. The van der Waals surface area contributed by atoms with Gasteiger partial charge in [-0.25, -0.2) is 8.93 Å². The number of hydrogen-bond acceptors (Lipinski definition) is 1. The fraction of sp³-hybridized carbons (Fsp3) is 0.250. The van der Waals surface area contributed by atoms with E-state index in [1.165, 1.54) is 5.56 Å². The maximum atomic E-state index is 11.9. The molecule has 2 unspecified atom stereocenters. The third-order valence-corrected chi connectivity index (χ3v) is 5.39. The number of benzene rings is 2. The van der Waals surface area contributed by atoms with Crippen LogP contribution in [0.4, 0.5) is 0 Å². The van der Waals surface area contributed by atoms with E-state index in [4.69, 9.17) is 23.2 Å². The lowest BCUT2D eigenvalue weighted by Gasteiger charge is -2.32. The molecule has 3 rings (SSSR count). The first-order valence-electron chi connectivity index (χ1n) is 6.79. The molecule has 1 fully saturated rings. The molecule has 0 bridgehead atoms. The zero-order valence-corrected chi connectivity index (χ0v) is 13.6. The van der Waals surface area contributed by atoms with Crippen molar-refractivity contribution in [2.45, 2.75) is 18.4 Å². The van der Waals surface area contributed by atoms with Crippen LogP contribution in [0.3, 0.4) is 0 Å². The van der Waals surface area contributed by atoms with E-state index in [2.05, 4.69) is 10.8 Å². The molecule has 0 aromatic heterocycles. The van der Waals surface area contributed by atoms with Crippen LogP contribution in [0.25, 0.3) is 0 Å². The van der Waals surface area contributed by atoms with Crippen LogP contribution in [-0.4, -0.2) is 9.96 Å². The van der Waals surface area contributed by atoms with Crippen LogP contribution in [0.2, 0.25) is 10.0 Å². The van der Waals surface area contributed by atoms with Gasteiger partial charge < -0.3 is 0 Å². The van der Waals surface area contributed by atoms with Crippen molar-refractivity contribution in [2.24, 2.45) is 0 Å². The minimum absolute atomic E-state index is 0.00955. The molecule has 21 heavy (non-hydrogen) atoms. The summed E-state index contributed by atoms with van der Waals surface area (Å²) in [6.07, 6.45) is 0.868. The molecule has 1 saturated heterocycles. The molecule has 1 heterocycles. The van der Waals surface area contributed by atoms with E-state index in [0.717, 1.165) is 17.0 Å². The molecule has 1 aliphatic rings. The summed E-state index contributed by atoms with van der Waals surface area (Å²) in [6, 6.07) is 15.6. The first-order valence-corrected chi connectivity index (χ1v) is 8.86. The summed E-state index contributed by atoms with van der Waals surface area (Å²) in [5.74, 6) is 0.906. The van der Waals surface area contributed by atoms with Crippen LogP contribution >= 0.6 is 23.2 Å². The Morgan fingerprint density at radius 3 is 2.48 bits per heavy atom. The first-order chi connectivity index (χ1) is 10.1. The minimum atomic E-state index is -0.992. The summed E-state index contributed by atoms with van der Waals surface area (Å²) in [7, 11) is -0.992. The molecule has 0 radical (unpaired) electrons. The third-order valence-electron chi connectivity index (χ3n) is 3.78. The maximum absolute atomic E-state index is 11.9. The van der Waals surface area contributed by atoms with E-state index in [0.29, 0.717) is 10.8 Å². The molecule has 5 heteroatoms. The highest BCUT2D eigenvalue weighted by atomic mass is 35.5. The van der Waals surface area contributed by atoms with Gasteiger partial charge in [-0.15, -0.1) is 0 Å². The summed E-state index contributed by atoms with van der Waals surface area (Å²) >= 11 is 12.1.